The molecule has 2 aromatic heterocycles. The maximum atomic E-state index is 6.88. The van der Waals surface area contributed by atoms with Gasteiger partial charge in [-0.25, -0.2) is 4.98 Å². The normalized spacial score (nSPS) is 14.0. The van der Waals surface area contributed by atoms with Crippen molar-refractivity contribution in [3.05, 3.63) is 167 Å². The molecule has 0 unspecified atom stereocenters. The molecule has 0 amide bonds. The minimum atomic E-state index is -0.198. The smallest absolute Gasteiger partial charge is 0.137 e. The molecule has 1 aliphatic heterocycles. The highest BCUT2D eigenvalue weighted by atomic mass is 16.5. The van der Waals surface area contributed by atoms with Crippen molar-refractivity contribution in [2.24, 2.45) is 0 Å². The van der Waals surface area contributed by atoms with Gasteiger partial charge in [0.2, 0.25) is 0 Å². The van der Waals surface area contributed by atoms with E-state index in [4.69, 9.17) is 9.72 Å². The third-order valence-electron chi connectivity index (χ3n) is 11.8. The molecule has 0 atom stereocenters. The van der Waals surface area contributed by atoms with Crippen LogP contribution in [0.3, 0.4) is 0 Å². The number of anilines is 2. The summed E-state index contributed by atoms with van der Waals surface area (Å²) >= 11 is 0. The zero-order chi connectivity index (χ0) is 39.6. The van der Waals surface area contributed by atoms with Gasteiger partial charge >= 0.3 is 0 Å². The number of aromatic nitrogens is 2. The minimum Gasteiger partial charge on any atom is -0.457 e. The molecule has 3 heterocycles. The Balaban J connectivity index is 1.18. The number of nitrogens with zero attached hydrogens (tertiary/aromatic N) is 4. The Kier molecular flexibility index (Phi) is 9.11. The maximum absolute atomic E-state index is 6.88. The Morgan fingerprint density at radius 1 is 0.500 bits per heavy atom. The summed E-state index contributed by atoms with van der Waals surface area (Å²) in [6.07, 6.45) is 1.94. The van der Waals surface area contributed by atoms with Crippen molar-refractivity contribution in [1.82, 2.24) is 9.55 Å². The second-order valence-corrected chi connectivity index (χ2v) is 18.0. The Labute approximate surface area is 332 Å². The van der Waals surface area contributed by atoms with Crippen molar-refractivity contribution >= 4 is 33.2 Å². The highest BCUT2D eigenvalue weighted by Gasteiger charge is 2.29. The molecule has 0 N–H and O–H groups in total. The summed E-state index contributed by atoms with van der Waals surface area (Å²) in [6, 6.07) is 45.8. The van der Waals surface area contributed by atoms with Crippen LogP contribution >= 0.6 is 0 Å². The van der Waals surface area contributed by atoms with Crippen LogP contribution in [0, 0.1) is 0 Å². The molecule has 5 heteroatoms. The zero-order valence-corrected chi connectivity index (χ0v) is 34.6. The van der Waals surface area contributed by atoms with Crippen LogP contribution in [0.1, 0.15) is 91.5 Å². The summed E-state index contributed by atoms with van der Waals surface area (Å²) in [5.74, 6) is 2.48. The molecular formula is C51H54N4O. The van der Waals surface area contributed by atoms with Crippen LogP contribution in [-0.2, 0) is 16.2 Å². The number of pyridine rings is 1. The molecule has 5 aromatic carbocycles. The summed E-state index contributed by atoms with van der Waals surface area (Å²) < 4.78 is 9.16. The molecule has 56 heavy (non-hydrogen) atoms. The van der Waals surface area contributed by atoms with Gasteiger partial charge in [-0.2, -0.15) is 0 Å². The van der Waals surface area contributed by atoms with Crippen LogP contribution in [-0.4, -0.2) is 16.2 Å². The number of hydrogen-bond donors (Lipinski definition) is 0. The molecule has 1 aliphatic rings. The molecule has 0 radical (unpaired) electrons. The van der Waals surface area contributed by atoms with Gasteiger partial charge in [0.1, 0.15) is 17.3 Å². The highest BCUT2D eigenvalue weighted by molar-refractivity contribution is 6.09. The number of rotatable bonds is 7. The van der Waals surface area contributed by atoms with Crippen molar-refractivity contribution < 1.29 is 4.74 Å². The van der Waals surface area contributed by atoms with Crippen molar-refractivity contribution in [1.29, 1.82) is 0 Å². The van der Waals surface area contributed by atoms with Gasteiger partial charge in [0.15, 0.2) is 0 Å². The second-order valence-electron chi connectivity index (χ2n) is 18.0. The Bertz CT molecular complexity index is 2620. The largest absolute Gasteiger partial charge is 0.457 e. The van der Waals surface area contributed by atoms with Crippen LogP contribution < -0.4 is 14.5 Å². The third-order valence-corrected chi connectivity index (χ3v) is 11.8. The highest BCUT2D eigenvalue weighted by Crippen LogP contribution is 2.41. The first-order valence-corrected chi connectivity index (χ1v) is 19.8. The van der Waals surface area contributed by atoms with E-state index < -0.39 is 0 Å². The second kappa shape index (κ2) is 13.7. The lowest BCUT2D eigenvalue weighted by molar-refractivity contribution is 0.479. The van der Waals surface area contributed by atoms with E-state index in [1.54, 1.807) is 0 Å². The van der Waals surface area contributed by atoms with Crippen LogP contribution in [0.25, 0.3) is 27.6 Å². The third kappa shape index (κ3) is 6.74. The summed E-state index contributed by atoms with van der Waals surface area (Å²) in [7, 11) is 0. The maximum Gasteiger partial charge on any atom is 0.137 e. The Hall–Kier alpha value is -5.81. The van der Waals surface area contributed by atoms with Crippen molar-refractivity contribution in [2.75, 3.05) is 16.5 Å². The monoisotopic (exact) mass is 738 g/mol. The first-order valence-electron chi connectivity index (χ1n) is 19.8. The molecule has 284 valence electrons. The van der Waals surface area contributed by atoms with E-state index in [0.29, 0.717) is 0 Å². The quantitative estimate of drug-likeness (QED) is 0.163. The Morgan fingerprint density at radius 3 is 1.88 bits per heavy atom. The molecule has 0 saturated heterocycles. The van der Waals surface area contributed by atoms with Crippen molar-refractivity contribution in [3.8, 4) is 17.3 Å². The number of benzene rings is 5. The number of allylic oxidation sites excluding steroid dienone is 2. The van der Waals surface area contributed by atoms with Gasteiger partial charge < -0.3 is 14.5 Å². The topological polar surface area (TPSA) is 33.5 Å². The molecule has 0 aliphatic carbocycles. The van der Waals surface area contributed by atoms with E-state index in [1.165, 1.54) is 44.7 Å². The van der Waals surface area contributed by atoms with E-state index in [-0.39, 0.29) is 16.2 Å². The fourth-order valence-corrected chi connectivity index (χ4v) is 8.01. The van der Waals surface area contributed by atoms with E-state index in [1.807, 2.05) is 6.20 Å². The van der Waals surface area contributed by atoms with Gasteiger partial charge in [0.25, 0.3) is 0 Å². The van der Waals surface area contributed by atoms with E-state index in [2.05, 4.69) is 211 Å². The lowest BCUT2D eigenvalue weighted by atomic mass is 9.78. The average Bonchev–Trinajstić information content (AvgIpc) is 3.67. The van der Waals surface area contributed by atoms with Crippen LogP contribution in [0.2, 0.25) is 0 Å². The molecule has 0 saturated carbocycles. The molecule has 0 spiro atoms. The van der Waals surface area contributed by atoms with E-state index in [9.17, 15) is 0 Å². The number of hydrogen-bond acceptors (Lipinski definition) is 4. The van der Waals surface area contributed by atoms with E-state index >= 15 is 0 Å². The first kappa shape index (κ1) is 37.1. The molecule has 0 fully saturated rings. The van der Waals surface area contributed by atoms with Crippen molar-refractivity contribution in [2.45, 2.75) is 85.5 Å². The SMILES string of the molecule is CC1=C(C)N(c2cc(Oc3ccc4c5ccccc5n(-c5cc(C(C)(C)c6ccccc6)ccn5)c4c3)cc(C(C)(C)C)c2)CN1c1cccc(C(C)(C)C)c1. The summed E-state index contributed by atoms with van der Waals surface area (Å²) in [4.78, 5) is 9.80. The van der Waals surface area contributed by atoms with Crippen LogP contribution in [0.4, 0.5) is 11.4 Å². The minimum absolute atomic E-state index is 0.0760. The molecule has 5 nitrogen and oxygen atoms in total. The summed E-state index contributed by atoms with van der Waals surface area (Å²) in [5, 5.41) is 2.35. The fourth-order valence-electron chi connectivity index (χ4n) is 8.01. The van der Waals surface area contributed by atoms with Gasteiger partial charge in [0.05, 0.1) is 17.7 Å². The summed E-state index contributed by atoms with van der Waals surface area (Å²) in [5.41, 5.74) is 11.8. The van der Waals surface area contributed by atoms with Gasteiger partial charge in [-0.1, -0.05) is 116 Å². The molecule has 0 bridgehead atoms. The average molecular weight is 739 g/mol. The lowest BCUT2D eigenvalue weighted by Crippen LogP contribution is -2.27. The van der Waals surface area contributed by atoms with Crippen LogP contribution in [0.15, 0.2) is 145 Å². The lowest BCUT2D eigenvalue weighted by Gasteiger charge is -2.28. The van der Waals surface area contributed by atoms with Gasteiger partial charge in [0, 0.05) is 57.3 Å². The van der Waals surface area contributed by atoms with Gasteiger partial charge in [-0.3, -0.25) is 4.57 Å². The fraction of sp³-hybridized carbons (Fsp3) is 0.275. The summed E-state index contributed by atoms with van der Waals surface area (Å²) in [6.45, 7) is 23.4. The molecule has 7 aromatic rings. The number of fused-ring (bicyclic) bond motifs is 3. The van der Waals surface area contributed by atoms with E-state index in [0.717, 1.165) is 46.1 Å². The van der Waals surface area contributed by atoms with Crippen LogP contribution in [0.5, 0.6) is 11.5 Å². The predicted octanol–water partition coefficient (Wildman–Crippen LogP) is 13.4. The first-order chi connectivity index (χ1) is 26.6. The number of para-hydroxylation sites is 1. The van der Waals surface area contributed by atoms with Gasteiger partial charge in [-0.05, 0) is 102 Å². The van der Waals surface area contributed by atoms with Gasteiger partial charge in [-0.15, -0.1) is 0 Å². The molecular weight excluding hydrogens is 685 g/mol. The zero-order valence-electron chi connectivity index (χ0n) is 34.6. The number of ether oxygens (including phenoxy) is 1. The standard InChI is InChI=1S/C51H54N4O/c1-34-35(2)54(33-53(34)40-20-16-19-37(27-40)49(3,4)5)41-28-39(50(6,7)8)29-43(31-41)56-42-23-24-45-44-21-14-15-22-46(44)55(47(45)32-42)48-30-38(25-26-52-48)51(9,10)36-17-12-11-13-18-36/h11-32H,33H2,1-10H3. The Morgan fingerprint density at radius 2 is 1.14 bits per heavy atom. The van der Waals surface area contributed by atoms with Crippen molar-refractivity contribution in [3.63, 3.8) is 0 Å². The molecule has 8 rings (SSSR count). The predicted molar refractivity (Wildman–Crippen MR) is 236 cm³/mol.